The molecule has 1 aromatic heterocycles. The standard InChI is InChI=1S/C7H8N4O/c1-11(12-2)7-3-6(4-8)9-5-10-7/h3,5H,1-2H3. The molecular weight excluding hydrogens is 156 g/mol. The van der Waals surface area contributed by atoms with Gasteiger partial charge in [-0.3, -0.25) is 4.84 Å². The van der Waals surface area contributed by atoms with Crippen molar-refractivity contribution >= 4 is 5.82 Å². The zero-order valence-electron chi connectivity index (χ0n) is 6.85. The first-order valence-electron chi connectivity index (χ1n) is 3.28. The van der Waals surface area contributed by atoms with Gasteiger partial charge in [0.15, 0.2) is 5.82 Å². The molecule has 0 unspecified atom stereocenters. The van der Waals surface area contributed by atoms with Crippen molar-refractivity contribution in [2.24, 2.45) is 0 Å². The van der Waals surface area contributed by atoms with Crippen LogP contribution in [0.2, 0.25) is 0 Å². The second-order valence-electron chi connectivity index (χ2n) is 2.05. The molecule has 0 aliphatic heterocycles. The number of hydrogen-bond donors (Lipinski definition) is 0. The van der Waals surface area contributed by atoms with Crippen LogP contribution < -0.4 is 5.06 Å². The molecule has 0 fully saturated rings. The van der Waals surface area contributed by atoms with Crippen molar-refractivity contribution in [3.05, 3.63) is 18.1 Å². The average molecular weight is 164 g/mol. The molecule has 5 heteroatoms. The quantitative estimate of drug-likeness (QED) is 0.590. The lowest BCUT2D eigenvalue weighted by molar-refractivity contribution is 0.182. The van der Waals surface area contributed by atoms with Gasteiger partial charge in [-0.1, -0.05) is 0 Å². The minimum atomic E-state index is 0.323. The maximum atomic E-state index is 8.52. The predicted molar refractivity (Wildman–Crippen MR) is 42.2 cm³/mol. The Labute approximate surface area is 70.2 Å². The van der Waals surface area contributed by atoms with Crippen LogP contribution in [0.15, 0.2) is 12.4 Å². The lowest BCUT2D eigenvalue weighted by Gasteiger charge is -2.13. The third-order valence-corrected chi connectivity index (χ3v) is 1.36. The predicted octanol–water partition coefficient (Wildman–Crippen LogP) is 0.346. The van der Waals surface area contributed by atoms with E-state index >= 15 is 0 Å². The van der Waals surface area contributed by atoms with Gasteiger partial charge in [0.1, 0.15) is 18.1 Å². The first kappa shape index (κ1) is 8.43. The number of anilines is 1. The third-order valence-electron chi connectivity index (χ3n) is 1.36. The molecule has 1 aromatic rings. The lowest BCUT2D eigenvalue weighted by Crippen LogP contribution is -2.16. The number of aromatic nitrogens is 2. The number of hydrogen-bond acceptors (Lipinski definition) is 5. The summed E-state index contributed by atoms with van der Waals surface area (Å²) in [6.07, 6.45) is 1.32. The van der Waals surface area contributed by atoms with Gasteiger partial charge in [0.05, 0.1) is 7.11 Å². The van der Waals surface area contributed by atoms with Gasteiger partial charge in [-0.25, -0.2) is 15.0 Å². The Bertz CT molecular complexity index is 307. The van der Waals surface area contributed by atoms with E-state index < -0.39 is 0 Å². The molecule has 0 spiro atoms. The minimum Gasteiger partial charge on any atom is -0.276 e. The molecule has 0 saturated carbocycles. The van der Waals surface area contributed by atoms with Crippen LogP contribution in [0.25, 0.3) is 0 Å². The van der Waals surface area contributed by atoms with Gasteiger partial charge in [0.25, 0.3) is 0 Å². The second kappa shape index (κ2) is 3.64. The van der Waals surface area contributed by atoms with Gasteiger partial charge in [-0.2, -0.15) is 5.26 Å². The van der Waals surface area contributed by atoms with Gasteiger partial charge in [-0.05, 0) is 0 Å². The van der Waals surface area contributed by atoms with Gasteiger partial charge in [-0.15, -0.1) is 0 Å². The Kier molecular flexibility index (Phi) is 2.56. The van der Waals surface area contributed by atoms with E-state index in [2.05, 4.69) is 9.97 Å². The van der Waals surface area contributed by atoms with E-state index in [1.807, 2.05) is 6.07 Å². The van der Waals surface area contributed by atoms with E-state index in [0.29, 0.717) is 11.5 Å². The Morgan fingerprint density at radius 2 is 2.33 bits per heavy atom. The van der Waals surface area contributed by atoms with Gasteiger partial charge in [0, 0.05) is 13.1 Å². The highest BCUT2D eigenvalue weighted by atomic mass is 16.7. The summed E-state index contributed by atoms with van der Waals surface area (Å²) in [5.41, 5.74) is 0.323. The molecule has 0 atom stereocenters. The fraction of sp³-hybridized carbons (Fsp3) is 0.286. The smallest absolute Gasteiger partial charge is 0.156 e. The summed E-state index contributed by atoms with van der Waals surface area (Å²) >= 11 is 0. The Balaban J connectivity index is 2.95. The summed E-state index contributed by atoms with van der Waals surface area (Å²) in [4.78, 5) is 12.5. The molecule has 0 aliphatic carbocycles. The lowest BCUT2D eigenvalue weighted by atomic mass is 10.4. The van der Waals surface area contributed by atoms with Crippen molar-refractivity contribution in [2.75, 3.05) is 19.2 Å². The Hall–Kier alpha value is -1.67. The van der Waals surface area contributed by atoms with Crippen molar-refractivity contribution in [3.8, 4) is 6.07 Å². The van der Waals surface area contributed by atoms with E-state index in [1.54, 1.807) is 13.1 Å². The van der Waals surface area contributed by atoms with Gasteiger partial charge >= 0.3 is 0 Å². The van der Waals surface area contributed by atoms with Crippen LogP contribution in [0.3, 0.4) is 0 Å². The number of hydroxylamine groups is 1. The maximum Gasteiger partial charge on any atom is 0.156 e. The first-order valence-corrected chi connectivity index (χ1v) is 3.28. The van der Waals surface area contributed by atoms with Crippen molar-refractivity contribution < 1.29 is 4.84 Å². The molecule has 12 heavy (non-hydrogen) atoms. The third kappa shape index (κ3) is 1.68. The SMILES string of the molecule is CON(C)c1cc(C#N)ncn1. The Morgan fingerprint density at radius 3 is 2.92 bits per heavy atom. The highest BCUT2D eigenvalue weighted by molar-refractivity contribution is 5.38. The average Bonchev–Trinajstić information content (AvgIpc) is 2.17. The maximum absolute atomic E-state index is 8.52. The van der Waals surface area contributed by atoms with Crippen LogP contribution in [0.5, 0.6) is 0 Å². The van der Waals surface area contributed by atoms with Crippen molar-refractivity contribution in [2.45, 2.75) is 0 Å². The van der Waals surface area contributed by atoms with Crippen LogP contribution >= 0.6 is 0 Å². The van der Waals surface area contributed by atoms with Crippen molar-refractivity contribution in [3.63, 3.8) is 0 Å². The zero-order valence-corrected chi connectivity index (χ0v) is 6.85. The van der Waals surface area contributed by atoms with Crippen molar-refractivity contribution in [1.82, 2.24) is 9.97 Å². The second-order valence-corrected chi connectivity index (χ2v) is 2.05. The van der Waals surface area contributed by atoms with Crippen LogP contribution in [0.4, 0.5) is 5.82 Å². The van der Waals surface area contributed by atoms with Crippen molar-refractivity contribution in [1.29, 1.82) is 5.26 Å². The Morgan fingerprint density at radius 1 is 1.58 bits per heavy atom. The summed E-state index contributed by atoms with van der Waals surface area (Å²) in [6, 6.07) is 3.46. The molecule has 1 heterocycles. The summed E-state index contributed by atoms with van der Waals surface area (Å²) in [5, 5.41) is 9.96. The fourth-order valence-corrected chi connectivity index (χ4v) is 0.674. The van der Waals surface area contributed by atoms with Crippen LogP contribution in [0.1, 0.15) is 5.69 Å². The van der Waals surface area contributed by atoms with Crippen LogP contribution in [-0.2, 0) is 4.84 Å². The first-order chi connectivity index (χ1) is 5.77. The van der Waals surface area contributed by atoms with E-state index in [1.165, 1.54) is 18.5 Å². The summed E-state index contributed by atoms with van der Waals surface area (Å²) < 4.78 is 0. The minimum absolute atomic E-state index is 0.323. The highest BCUT2D eigenvalue weighted by Gasteiger charge is 2.01. The normalized spacial score (nSPS) is 9.08. The molecule has 0 radical (unpaired) electrons. The topological polar surface area (TPSA) is 62.0 Å². The molecular formula is C7H8N4O. The van der Waals surface area contributed by atoms with E-state index in [9.17, 15) is 0 Å². The zero-order chi connectivity index (χ0) is 8.97. The van der Waals surface area contributed by atoms with Gasteiger partial charge < -0.3 is 0 Å². The molecule has 0 saturated heterocycles. The van der Waals surface area contributed by atoms with E-state index in [4.69, 9.17) is 10.1 Å². The molecule has 0 aliphatic rings. The summed E-state index contributed by atoms with van der Waals surface area (Å²) in [7, 11) is 3.22. The van der Waals surface area contributed by atoms with Crippen LogP contribution in [0, 0.1) is 11.3 Å². The molecule has 0 N–H and O–H groups in total. The highest BCUT2D eigenvalue weighted by Crippen LogP contribution is 2.07. The molecule has 5 nitrogen and oxygen atoms in total. The van der Waals surface area contributed by atoms with Crippen LogP contribution in [-0.4, -0.2) is 24.1 Å². The fourth-order valence-electron chi connectivity index (χ4n) is 0.674. The summed E-state index contributed by atoms with van der Waals surface area (Å²) in [5.74, 6) is 0.559. The molecule has 62 valence electrons. The van der Waals surface area contributed by atoms with E-state index in [-0.39, 0.29) is 0 Å². The van der Waals surface area contributed by atoms with E-state index in [0.717, 1.165) is 0 Å². The monoisotopic (exact) mass is 164 g/mol. The molecule has 1 rings (SSSR count). The van der Waals surface area contributed by atoms with Gasteiger partial charge in [0.2, 0.25) is 0 Å². The molecule has 0 bridgehead atoms. The molecule has 0 aromatic carbocycles. The summed E-state index contributed by atoms with van der Waals surface area (Å²) in [6.45, 7) is 0. The molecule has 0 amide bonds. The number of rotatable bonds is 2. The number of nitriles is 1. The number of nitrogens with zero attached hydrogens (tertiary/aromatic N) is 4. The largest absolute Gasteiger partial charge is 0.276 e.